The predicted octanol–water partition coefficient (Wildman–Crippen LogP) is 3.86. The maximum Gasteiger partial charge on any atom is 0.183 e. The van der Waals surface area contributed by atoms with Crippen LogP contribution in [-0.4, -0.2) is 20.2 Å². The lowest BCUT2D eigenvalue weighted by Gasteiger charge is -2.32. The Morgan fingerprint density at radius 2 is 1.86 bits per heavy atom. The summed E-state index contributed by atoms with van der Waals surface area (Å²) in [7, 11) is 0. The summed E-state index contributed by atoms with van der Waals surface area (Å²) in [5.74, 6) is 0.725. The third kappa shape index (κ3) is 3.43. The van der Waals surface area contributed by atoms with Crippen molar-refractivity contribution >= 4 is 21.6 Å². The Kier molecular flexibility index (Phi) is 4.10. The Bertz CT molecular complexity index is 640. The minimum absolute atomic E-state index is 0.180. The van der Waals surface area contributed by atoms with Crippen molar-refractivity contribution in [3.63, 3.8) is 0 Å². The Morgan fingerprint density at radius 3 is 2.48 bits per heavy atom. The van der Waals surface area contributed by atoms with Gasteiger partial charge in [0.25, 0.3) is 0 Å². The van der Waals surface area contributed by atoms with Crippen molar-refractivity contribution in [2.75, 3.05) is 5.73 Å². The van der Waals surface area contributed by atoms with E-state index in [0.29, 0.717) is 5.69 Å². The monoisotopic (exact) mass is 351 g/mol. The molecule has 0 radical (unpaired) electrons. The fraction of sp³-hybridized carbons (Fsp3) is 0.533. The van der Waals surface area contributed by atoms with E-state index in [0.717, 1.165) is 22.3 Å². The van der Waals surface area contributed by atoms with Crippen LogP contribution in [0.15, 0.2) is 22.7 Å². The van der Waals surface area contributed by atoms with E-state index in [2.05, 4.69) is 66.1 Å². The van der Waals surface area contributed by atoms with E-state index >= 15 is 0 Å². The minimum atomic E-state index is -0.193. The Morgan fingerprint density at radius 1 is 1.19 bits per heavy atom. The number of nitrogens with two attached hydrogens (primary N) is 1. The summed E-state index contributed by atoms with van der Waals surface area (Å²) < 4.78 is 2.71. The van der Waals surface area contributed by atoms with Crippen LogP contribution in [0.2, 0.25) is 0 Å². The maximum absolute atomic E-state index is 5.96. The van der Waals surface area contributed by atoms with Gasteiger partial charge in [0.2, 0.25) is 0 Å². The molecule has 2 rings (SSSR count). The van der Waals surface area contributed by atoms with E-state index in [9.17, 15) is 0 Å². The van der Waals surface area contributed by atoms with E-state index in [1.165, 1.54) is 0 Å². The lowest BCUT2D eigenvalue weighted by molar-refractivity contribution is 0.197. The van der Waals surface area contributed by atoms with Crippen LogP contribution in [0.3, 0.4) is 0 Å². The van der Waals surface area contributed by atoms with Gasteiger partial charge in [-0.15, -0.1) is 5.10 Å². The smallest absolute Gasteiger partial charge is 0.183 e. The summed E-state index contributed by atoms with van der Waals surface area (Å²) in [6, 6.07) is 5.73. The van der Waals surface area contributed by atoms with Gasteiger partial charge >= 0.3 is 0 Å². The fourth-order valence-electron chi connectivity index (χ4n) is 2.86. The average molecular weight is 352 g/mol. The molecule has 2 N–H and O–H groups in total. The lowest BCUT2D eigenvalue weighted by Crippen LogP contribution is -2.33. The van der Waals surface area contributed by atoms with E-state index < -0.39 is 0 Å². The predicted molar refractivity (Wildman–Crippen MR) is 88.8 cm³/mol. The zero-order chi connectivity index (χ0) is 15.8. The largest absolute Gasteiger partial charge is 0.398 e. The molecule has 21 heavy (non-hydrogen) atoms. The van der Waals surface area contributed by atoms with Gasteiger partial charge in [0.1, 0.15) is 0 Å². The van der Waals surface area contributed by atoms with Crippen LogP contribution >= 0.6 is 15.9 Å². The highest BCUT2D eigenvalue weighted by Crippen LogP contribution is 2.36. The van der Waals surface area contributed by atoms with Crippen molar-refractivity contribution in [3.05, 3.63) is 22.7 Å². The van der Waals surface area contributed by atoms with Crippen LogP contribution in [0.25, 0.3) is 11.4 Å². The molecule has 0 bridgehead atoms. The number of aromatic nitrogens is 4. The molecule has 0 amide bonds. The first-order chi connectivity index (χ1) is 9.62. The summed E-state index contributed by atoms with van der Waals surface area (Å²) >= 11 is 3.53. The van der Waals surface area contributed by atoms with Gasteiger partial charge < -0.3 is 5.73 Å². The average Bonchev–Trinajstić information content (AvgIpc) is 2.79. The van der Waals surface area contributed by atoms with Gasteiger partial charge in [-0.05, 0) is 64.2 Å². The third-order valence-electron chi connectivity index (χ3n) is 3.28. The molecule has 0 aliphatic carbocycles. The lowest BCUT2D eigenvalue weighted by atomic mass is 9.82. The van der Waals surface area contributed by atoms with Gasteiger partial charge in [-0.1, -0.05) is 26.8 Å². The first kappa shape index (κ1) is 15.9. The first-order valence-electron chi connectivity index (χ1n) is 6.95. The quantitative estimate of drug-likeness (QED) is 0.852. The minimum Gasteiger partial charge on any atom is -0.398 e. The number of halogens is 1. The molecule has 0 atom stereocenters. The van der Waals surface area contributed by atoms with Crippen molar-refractivity contribution in [1.82, 2.24) is 20.2 Å². The number of benzene rings is 1. The molecule has 0 fully saturated rings. The number of anilines is 1. The summed E-state index contributed by atoms with van der Waals surface area (Å²) in [5.41, 5.74) is 7.53. The van der Waals surface area contributed by atoms with E-state index in [1.807, 2.05) is 22.9 Å². The van der Waals surface area contributed by atoms with E-state index in [1.54, 1.807) is 0 Å². The molecule has 0 saturated carbocycles. The van der Waals surface area contributed by atoms with Crippen LogP contribution in [0, 0.1) is 5.41 Å². The number of tetrazole rings is 1. The molecule has 1 aromatic heterocycles. The molecule has 2 aromatic rings. The number of nitrogens with zero attached hydrogens (tertiary/aromatic N) is 4. The van der Waals surface area contributed by atoms with Crippen molar-refractivity contribution < 1.29 is 0 Å². The summed E-state index contributed by atoms with van der Waals surface area (Å²) in [6.07, 6.45) is 0.956. The standard InChI is InChI=1S/C15H22BrN5/c1-14(2,3)9-15(4,5)21-13(18-19-20-21)10-7-6-8-11(17)12(10)16/h6-8H,9,17H2,1-5H3. The molecule has 0 saturated heterocycles. The summed E-state index contributed by atoms with van der Waals surface area (Å²) in [4.78, 5) is 0. The second-order valence-corrected chi connectivity index (χ2v) is 7.97. The highest BCUT2D eigenvalue weighted by Gasteiger charge is 2.31. The summed E-state index contributed by atoms with van der Waals surface area (Å²) in [5, 5.41) is 12.3. The van der Waals surface area contributed by atoms with Gasteiger partial charge in [-0.2, -0.15) is 0 Å². The number of hydrogen-bond donors (Lipinski definition) is 1. The molecule has 1 heterocycles. The van der Waals surface area contributed by atoms with Crippen LogP contribution in [-0.2, 0) is 5.54 Å². The Labute approximate surface area is 134 Å². The molecule has 0 aliphatic rings. The topological polar surface area (TPSA) is 69.6 Å². The number of nitrogen functional groups attached to an aromatic ring is 1. The molecule has 0 aliphatic heterocycles. The Balaban J connectivity index is 2.50. The second kappa shape index (κ2) is 5.40. The molecular formula is C15H22BrN5. The highest BCUT2D eigenvalue weighted by molar-refractivity contribution is 9.10. The molecule has 5 nitrogen and oxygen atoms in total. The molecule has 1 aromatic carbocycles. The molecule has 0 spiro atoms. The van der Waals surface area contributed by atoms with Crippen molar-refractivity contribution in [2.45, 2.75) is 46.6 Å². The third-order valence-corrected chi connectivity index (χ3v) is 4.16. The SMILES string of the molecule is CC(C)(C)CC(C)(C)n1nnnc1-c1cccc(N)c1Br. The van der Waals surface area contributed by atoms with Crippen LogP contribution in [0.5, 0.6) is 0 Å². The highest BCUT2D eigenvalue weighted by atomic mass is 79.9. The normalized spacial score (nSPS) is 12.7. The van der Waals surface area contributed by atoms with Gasteiger partial charge in [-0.3, -0.25) is 0 Å². The molecule has 114 valence electrons. The fourth-order valence-corrected chi connectivity index (χ4v) is 3.30. The molecular weight excluding hydrogens is 330 g/mol. The van der Waals surface area contributed by atoms with Crippen molar-refractivity contribution in [1.29, 1.82) is 0 Å². The van der Waals surface area contributed by atoms with Gasteiger partial charge in [0.05, 0.1) is 10.0 Å². The first-order valence-corrected chi connectivity index (χ1v) is 7.74. The second-order valence-electron chi connectivity index (χ2n) is 7.17. The van der Waals surface area contributed by atoms with Crippen LogP contribution in [0.1, 0.15) is 41.0 Å². The van der Waals surface area contributed by atoms with E-state index in [4.69, 9.17) is 5.73 Å². The molecule has 0 unspecified atom stereocenters. The van der Waals surface area contributed by atoms with Crippen LogP contribution < -0.4 is 5.73 Å². The number of hydrogen-bond acceptors (Lipinski definition) is 4. The molecule has 6 heteroatoms. The Hall–Kier alpha value is -1.43. The van der Waals surface area contributed by atoms with Crippen LogP contribution in [0.4, 0.5) is 5.69 Å². The zero-order valence-electron chi connectivity index (χ0n) is 13.2. The van der Waals surface area contributed by atoms with E-state index in [-0.39, 0.29) is 11.0 Å². The van der Waals surface area contributed by atoms with Crippen molar-refractivity contribution in [2.24, 2.45) is 5.41 Å². The number of rotatable bonds is 3. The van der Waals surface area contributed by atoms with Gasteiger partial charge in [-0.25, -0.2) is 4.68 Å². The summed E-state index contributed by atoms with van der Waals surface area (Å²) in [6.45, 7) is 11.0. The van der Waals surface area contributed by atoms with Gasteiger partial charge in [0.15, 0.2) is 5.82 Å². The zero-order valence-corrected chi connectivity index (χ0v) is 14.8. The van der Waals surface area contributed by atoms with Gasteiger partial charge in [0, 0.05) is 11.3 Å². The van der Waals surface area contributed by atoms with Crippen molar-refractivity contribution in [3.8, 4) is 11.4 Å². The maximum atomic E-state index is 5.96.